The van der Waals surface area contributed by atoms with Crippen LogP contribution in [0.2, 0.25) is 0 Å². The highest BCUT2D eigenvalue weighted by molar-refractivity contribution is 4.75. The first-order valence-electron chi connectivity index (χ1n) is 8.19. The predicted octanol–water partition coefficient (Wildman–Crippen LogP) is 3.52. The fourth-order valence-corrected chi connectivity index (χ4v) is 2.67. The van der Waals surface area contributed by atoms with E-state index in [1.165, 1.54) is 71.2 Å². The van der Waals surface area contributed by atoms with Crippen LogP contribution in [-0.2, 0) is 0 Å². The maximum atomic E-state index is 3.44. The second-order valence-electron chi connectivity index (χ2n) is 6.18. The lowest BCUT2D eigenvalue weighted by Gasteiger charge is -2.34. The van der Waals surface area contributed by atoms with Crippen molar-refractivity contribution >= 4 is 0 Å². The van der Waals surface area contributed by atoms with Gasteiger partial charge in [0.1, 0.15) is 0 Å². The Morgan fingerprint density at radius 2 is 1.50 bits per heavy atom. The Bertz CT molecular complexity index is 178. The minimum atomic E-state index is 0.972. The van der Waals surface area contributed by atoms with Crippen LogP contribution in [0.15, 0.2) is 0 Å². The van der Waals surface area contributed by atoms with E-state index in [9.17, 15) is 0 Å². The largest absolute Gasteiger partial charge is 0.317 e. The Labute approximate surface area is 115 Å². The van der Waals surface area contributed by atoms with Crippen molar-refractivity contribution in [2.45, 2.75) is 59.3 Å². The smallest absolute Gasteiger partial charge is 0.00106 e. The molecular formula is C16H34N2. The number of nitrogens with one attached hydrogen (secondary N) is 1. The molecule has 2 rings (SSSR count). The Morgan fingerprint density at radius 1 is 0.944 bits per heavy atom. The average Bonchev–Trinajstić information content (AvgIpc) is 2.43. The summed E-state index contributed by atoms with van der Waals surface area (Å²) < 4.78 is 0. The lowest BCUT2D eigenvalue weighted by molar-refractivity contribution is 0.154. The van der Waals surface area contributed by atoms with Gasteiger partial charge in [0.05, 0.1) is 0 Å². The standard InChI is InChI=1S/C12H24N2.C4H10/c1-11-4-8-14(9-5-11)10-12-2-6-13-7-3-12;1-3-4-2/h11-13H,2-10H2,1H3;3-4H2,1-2H3. The maximum Gasteiger partial charge on any atom is 0.00106 e. The molecule has 2 heterocycles. The summed E-state index contributed by atoms with van der Waals surface area (Å²) in [6, 6.07) is 0. The summed E-state index contributed by atoms with van der Waals surface area (Å²) in [5.41, 5.74) is 0. The summed E-state index contributed by atoms with van der Waals surface area (Å²) in [5.74, 6) is 1.95. The Kier molecular flexibility index (Phi) is 8.70. The summed E-state index contributed by atoms with van der Waals surface area (Å²) in [4.78, 5) is 2.69. The molecule has 2 nitrogen and oxygen atoms in total. The van der Waals surface area contributed by atoms with Gasteiger partial charge in [0.25, 0.3) is 0 Å². The molecule has 2 fully saturated rings. The average molecular weight is 254 g/mol. The van der Waals surface area contributed by atoms with Gasteiger partial charge in [0.15, 0.2) is 0 Å². The van der Waals surface area contributed by atoms with Crippen LogP contribution in [0.25, 0.3) is 0 Å². The van der Waals surface area contributed by atoms with Crippen LogP contribution in [0.1, 0.15) is 59.3 Å². The van der Waals surface area contributed by atoms with Crippen LogP contribution < -0.4 is 5.32 Å². The molecule has 108 valence electrons. The normalized spacial score (nSPS) is 23.5. The van der Waals surface area contributed by atoms with Crippen molar-refractivity contribution < 1.29 is 0 Å². The maximum absolute atomic E-state index is 3.44. The molecule has 0 amide bonds. The third kappa shape index (κ3) is 6.75. The van der Waals surface area contributed by atoms with Crippen molar-refractivity contribution in [2.75, 3.05) is 32.7 Å². The third-order valence-electron chi connectivity index (χ3n) is 4.35. The number of unbranched alkanes of at least 4 members (excludes halogenated alkanes) is 1. The zero-order valence-electron chi connectivity index (χ0n) is 12.9. The van der Waals surface area contributed by atoms with Gasteiger partial charge in [-0.25, -0.2) is 0 Å². The molecule has 2 aliphatic rings. The van der Waals surface area contributed by atoms with E-state index in [4.69, 9.17) is 0 Å². The van der Waals surface area contributed by atoms with Gasteiger partial charge in [0.2, 0.25) is 0 Å². The molecule has 0 bridgehead atoms. The van der Waals surface area contributed by atoms with Crippen molar-refractivity contribution in [1.82, 2.24) is 10.2 Å². The molecule has 0 unspecified atom stereocenters. The molecule has 0 aromatic heterocycles. The molecule has 0 radical (unpaired) electrons. The Balaban J connectivity index is 0.000000357. The van der Waals surface area contributed by atoms with Gasteiger partial charge in [-0.15, -0.1) is 0 Å². The molecule has 18 heavy (non-hydrogen) atoms. The van der Waals surface area contributed by atoms with Crippen molar-refractivity contribution in [1.29, 1.82) is 0 Å². The summed E-state index contributed by atoms with van der Waals surface area (Å²) in [6.45, 7) is 13.3. The SMILES string of the molecule is CC1CCN(CC2CCNCC2)CC1.CCCC. The van der Waals surface area contributed by atoms with E-state index in [0.717, 1.165) is 11.8 Å². The van der Waals surface area contributed by atoms with Crippen LogP contribution >= 0.6 is 0 Å². The molecular weight excluding hydrogens is 220 g/mol. The van der Waals surface area contributed by atoms with Gasteiger partial charge < -0.3 is 10.2 Å². The van der Waals surface area contributed by atoms with Crippen LogP contribution in [0, 0.1) is 11.8 Å². The monoisotopic (exact) mass is 254 g/mol. The number of piperidine rings is 2. The van der Waals surface area contributed by atoms with Crippen molar-refractivity contribution in [3.63, 3.8) is 0 Å². The van der Waals surface area contributed by atoms with Gasteiger partial charge in [-0.2, -0.15) is 0 Å². The fraction of sp³-hybridized carbons (Fsp3) is 1.00. The van der Waals surface area contributed by atoms with E-state index in [2.05, 4.69) is 31.0 Å². The van der Waals surface area contributed by atoms with Crippen LogP contribution in [-0.4, -0.2) is 37.6 Å². The van der Waals surface area contributed by atoms with Crippen LogP contribution in [0.5, 0.6) is 0 Å². The zero-order chi connectivity index (χ0) is 13.2. The Morgan fingerprint density at radius 3 is 2.00 bits per heavy atom. The molecule has 1 N–H and O–H groups in total. The summed E-state index contributed by atoms with van der Waals surface area (Å²) in [7, 11) is 0. The number of likely N-dealkylation sites (tertiary alicyclic amines) is 1. The third-order valence-corrected chi connectivity index (χ3v) is 4.35. The molecule has 0 atom stereocenters. The summed E-state index contributed by atoms with van der Waals surface area (Å²) in [6.07, 6.45) is 8.27. The first-order valence-corrected chi connectivity index (χ1v) is 8.19. The minimum Gasteiger partial charge on any atom is -0.317 e. The number of hydrogen-bond donors (Lipinski definition) is 1. The van der Waals surface area contributed by atoms with Gasteiger partial charge >= 0.3 is 0 Å². The van der Waals surface area contributed by atoms with Crippen molar-refractivity contribution in [3.05, 3.63) is 0 Å². The van der Waals surface area contributed by atoms with E-state index in [0.29, 0.717) is 0 Å². The molecule has 2 heteroatoms. The molecule has 2 aliphatic heterocycles. The zero-order valence-corrected chi connectivity index (χ0v) is 12.9. The molecule has 0 spiro atoms. The second kappa shape index (κ2) is 9.80. The van der Waals surface area contributed by atoms with Crippen LogP contribution in [0.3, 0.4) is 0 Å². The Hall–Kier alpha value is -0.0800. The minimum absolute atomic E-state index is 0.972. The van der Waals surface area contributed by atoms with E-state index in [-0.39, 0.29) is 0 Å². The first kappa shape index (κ1) is 16.0. The first-order chi connectivity index (χ1) is 8.76. The highest BCUT2D eigenvalue weighted by Crippen LogP contribution is 2.19. The highest BCUT2D eigenvalue weighted by Gasteiger charge is 2.20. The molecule has 0 aromatic carbocycles. The summed E-state index contributed by atoms with van der Waals surface area (Å²) in [5, 5.41) is 3.44. The van der Waals surface area contributed by atoms with Crippen LogP contribution in [0.4, 0.5) is 0 Å². The topological polar surface area (TPSA) is 15.3 Å². The van der Waals surface area contributed by atoms with E-state index in [1.54, 1.807) is 0 Å². The lowest BCUT2D eigenvalue weighted by atomic mass is 9.94. The van der Waals surface area contributed by atoms with E-state index >= 15 is 0 Å². The van der Waals surface area contributed by atoms with E-state index in [1.807, 2.05) is 0 Å². The highest BCUT2D eigenvalue weighted by atomic mass is 15.1. The summed E-state index contributed by atoms with van der Waals surface area (Å²) >= 11 is 0. The van der Waals surface area contributed by atoms with E-state index < -0.39 is 0 Å². The van der Waals surface area contributed by atoms with Gasteiger partial charge in [-0.1, -0.05) is 33.6 Å². The lowest BCUT2D eigenvalue weighted by Crippen LogP contribution is -2.39. The molecule has 0 saturated carbocycles. The second-order valence-corrected chi connectivity index (χ2v) is 6.18. The quantitative estimate of drug-likeness (QED) is 0.829. The van der Waals surface area contributed by atoms with Gasteiger partial charge in [0, 0.05) is 6.54 Å². The van der Waals surface area contributed by atoms with Gasteiger partial charge in [-0.3, -0.25) is 0 Å². The van der Waals surface area contributed by atoms with Crippen molar-refractivity contribution in [3.8, 4) is 0 Å². The van der Waals surface area contributed by atoms with Gasteiger partial charge in [-0.05, 0) is 63.7 Å². The molecule has 2 saturated heterocycles. The fourth-order valence-electron chi connectivity index (χ4n) is 2.67. The van der Waals surface area contributed by atoms with Crippen molar-refractivity contribution in [2.24, 2.45) is 11.8 Å². The number of hydrogen-bond acceptors (Lipinski definition) is 2. The number of rotatable bonds is 3. The predicted molar refractivity (Wildman–Crippen MR) is 81.0 cm³/mol. The number of nitrogens with zero attached hydrogens (tertiary/aromatic N) is 1. The molecule has 0 aromatic rings. The molecule has 0 aliphatic carbocycles.